The van der Waals surface area contributed by atoms with Crippen LogP contribution in [0.2, 0.25) is 0 Å². The van der Waals surface area contributed by atoms with Gasteiger partial charge >= 0.3 is 12.1 Å². The molecule has 0 unspecified atom stereocenters. The van der Waals surface area contributed by atoms with Crippen LogP contribution in [0.5, 0.6) is 5.75 Å². The molecule has 0 amide bonds. The Morgan fingerprint density at radius 1 is 1.30 bits per heavy atom. The highest BCUT2D eigenvalue weighted by Gasteiger charge is 2.30. The average Bonchev–Trinajstić information content (AvgIpc) is 2.46. The van der Waals surface area contributed by atoms with E-state index in [1.165, 1.54) is 19.1 Å². The number of benzene rings is 1. The molecule has 0 aromatic heterocycles. The fourth-order valence-corrected chi connectivity index (χ4v) is 1.76. The van der Waals surface area contributed by atoms with Gasteiger partial charge in [0.2, 0.25) is 0 Å². The first kappa shape index (κ1) is 19.0. The van der Waals surface area contributed by atoms with Crippen LogP contribution in [0.3, 0.4) is 0 Å². The Kier molecular flexibility index (Phi) is 6.62. The molecule has 1 rings (SSSR count). The summed E-state index contributed by atoms with van der Waals surface area (Å²) in [4.78, 5) is 11.5. The van der Waals surface area contributed by atoms with E-state index in [2.05, 4.69) is 6.58 Å². The molecule has 0 radical (unpaired) electrons. The molecule has 0 aliphatic heterocycles. The second-order valence-corrected chi connectivity index (χ2v) is 5.13. The number of esters is 1. The predicted octanol–water partition coefficient (Wildman–Crippen LogP) is 3.31. The van der Waals surface area contributed by atoms with Crippen LogP contribution in [0.1, 0.15) is 25.8 Å². The SMILES string of the molecule is C=CC[C@@H](Oc1ccc(C(F)(F)F)cc1)[C@H](C)OC(=O)[C@H](C)N. The minimum absolute atomic E-state index is 0.244. The van der Waals surface area contributed by atoms with E-state index in [1.54, 1.807) is 13.0 Å². The maximum Gasteiger partial charge on any atom is 0.416 e. The zero-order chi connectivity index (χ0) is 17.6. The molecule has 23 heavy (non-hydrogen) atoms. The summed E-state index contributed by atoms with van der Waals surface area (Å²) in [6, 6.07) is 3.53. The van der Waals surface area contributed by atoms with Crippen molar-refractivity contribution in [3.8, 4) is 5.75 Å². The molecule has 0 bridgehead atoms. The monoisotopic (exact) mass is 331 g/mol. The van der Waals surface area contributed by atoms with E-state index >= 15 is 0 Å². The smallest absolute Gasteiger partial charge is 0.416 e. The average molecular weight is 331 g/mol. The highest BCUT2D eigenvalue weighted by molar-refractivity contribution is 5.75. The minimum atomic E-state index is -4.40. The summed E-state index contributed by atoms with van der Waals surface area (Å²) in [6.45, 7) is 6.71. The number of nitrogens with two attached hydrogens (primary N) is 1. The van der Waals surface area contributed by atoms with Crippen LogP contribution < -0.4 is 10.5 Å². The van der Waals surface area contributed by atoms with E-state index in [-0.39, 0.29) is 5.75 Å². The van der Waals surface area contributed by atoms with Crippen LogP contribution in [-0.2, 0) is 15.7 Å². The fourth-order valence-electron chi connectivity index (χ4n) is 1.76. The molecule has 0 aliphatic carbocycles. The van der Waals surface area contributed by atoms with Gasteiger partial charge in [0.15, 0.2) is 0 Å². The van der Waals surface area contributed by atoms with E-state index in [0.29, 0.717) is 6.42 Å². The van der Waals surface area contributed by atoms with Crippen molar-refractivity contribution >= 4 is 5.97 Å². The molecule has 0 fully saturated rings. The molecule has 3 atom stereocenters. The quantitative estimate of drug-likeness (QED) is 0.615. The van der Waals surface area contributed by atoms with Crippen molar-refractivity contribution in [3.05, 3.63) is 42.5 Å². The van der Waals surface area contributed by atoms with E-state index < -0.39 is 36.0 Å². The first-order chi connectivity index (χ1) is 10.6. The normalized spacial score (nSPS) is 15.4. The largest absolute Gasteiger partial charge is 0.486 e. The van der Waals surface area contributed by atoms with Crippen molar-refractivity contribution in [1.82, 2.24) is 0 Å². The molecule has 2 N–H and O–H groups in total. The van der Waals surface area contributed by atoms with Crippen molar-refractivity contribution in [3.63, 3.8) is 0 Å². The van der Waals surface area contributed by atoms with Crippen molar-refractivity contribution < 1.29 is 27.4 Å². The van der Waals surface area contributed by atoms with Crippen molar-refractivity contribution in [2.75, 3.05) is 0 Å². The van der Waals surface area contributed by atoms with Crippen molar-refractivity contribution in [1.29, 1.82) is 0 Å². The summed E-state index contributed by atoms with van der Waals surface area (Å²) in [5, 5.41) is 0. The Balaban J connectivity index is 2.79. The summed E-state index contributed by atoms with van der Waals surface area (Å²) in [7, 11) is 0. The zero-order valence-electron chi connectivity index (χ0n) is 13.0. The Bertz CT molecular complexity index is 526. The summed E-state index contributed by atoms with van der Waals surface area (Å²) in [5.41, 5.74) is 4.66. The molecule has 4 nitrogen and oxygen atoms in total. The van der Waals surface area contributed by atoms with Crippen LogP contribution >= 0.6 is 0 Å². The first-order valence-corrected chi connectivity index (χ1v) is 7.06. The molecular weight excluding hydrogens is 311 g/mol. The number of hydrogen-bond donors (Lipinski definition) is 1. The van der Waals surface area contributed by atoms with Crippen molar-refractivity contribution in [2.24, 2.45) is 5.73 Å². The molecule has 128 valence electrons. The second kappa shape index (κ2) is 8.01. The zero-order valence-corrected chi connectivity index (χ0v) is 13.0. The van der Waals surface area contributed by atoms with Gasteiger partial charge < -0.3 is 15.2 Å². The number of hydrogen-bond acceptors (Lipinski definition) is 4. The molecule has 0 heterocycles. The molecule has 0 spiro atoms. The number of rotatable bonds is 7. The number of halogens is 3. The van der Waals surface area contributed by atoms with Gasteiger partial charge in [0.25, 0.3) is 0 Å². The van der Waals surface area contributed by atoms with Gasteiger partial charge in [-0.05, 0) is 38.1 Å². The Labute approximate surface area is 133 Å². The van der Waals surface area contributed by atoms with Crippen LogP contribution in [0.15, 0.2) is 36.9 Å². The van der Waals surface area contributed by atoms with Gasteiger partial charge in [-0.1, -0.05) is 6.08 Å². The number of carbonyl (C=O) groups is 1. The summed E-state index contributed by atoms with van der Waals surface area (Å²) < 4.78 is 48.3. The maximum absolute atomic E-state index is 12.5. The van der Waals surface area contributed by atoms with Gasteiger partial charge in [0, 0.05) is 6.42 Å². The Morgan fingerprint density at radius 3 is 2.30 bits per heavy atom. The van der Waals surface area contributed by atoms with Crippen LogP contribution in [0.25, 0.3) is 0 Å². The predicted molar refractivity (Wildman–Crippen MR) is 79.9 cm³/mol. The standard InChI is InChI=1S/C16H20F3NO3/c1-4-5-14(11(3)22-15(21)10(2)20)23-13-8-6-12(7-9-13)16(17,18)19/h4,6-11,14H,1,5,20H2,2-3H3/t10-,11-,14+/m0/s1. The second-order valence-electron chi connectivity index (χ2n) is 5.13. The molecule has 1 aromatic rings. The van der Waals surface area contributed by atoms with E-state index in [0.717, 1.165) is 12.1 Å². The lowest BCUT2D eigenvalue weighted by Gasteiger charge is -2.25. The van der Waals surface area contributed by atoms with Gasteiger partial charge in [-0.3, -0.25) is 4.79 Å². The third-order valence-corrected chi connectivity index (χ3v) is 3.07. The highest BCUT2D eigenvalue weighted by Crippen LogP contribution is 2.30. The lowest BCUT2D eigenvalue weighted by atomic mass is 10.1. The van der Waals surface area contributed by atoms with E-state index in [4.69, 9.17) is 15.2 Å². The van der Waals surface area contributed by atoms with Gasteiger partial charge in [0.1, 0.15) is 24.0 Å². The lowest BCUT2D eigenvalue weighted by molar-refractivity contribution is -0.153. The van der Waals surface area contributed by atoms with Crippen LogP contribution in [0, 0.1) is 0 Å². The highest BCUT2D eigenvalue weighted by atomic mass is 19.4. The Hall–Kier alpha value is -2.02. The molecule has 0 aliphatic rings. The number of alkyl halides is 3. The summed E-state index contributed by atoms with van der Waals surface area (Å²) in [6.07, 6.45) is -3.68. The van der Waals surface area contributed by atoms with Crippen LogP contribution in [-0.4, -0.2) is 24.2 Å². The van der Waals surface area contributed by atoms with Gasteiger partial charge in [0.05, 0.1) is 5.56 Å². The van der Waals surface area contributed by atoms with E-state index in [9.17, 15) is 18.0 Å². The van der Waals surface area contributed by atoms with Crippen molar-refractivity contribution in [2.45, 2.75) is 44.7 Å². The molecule has 0 saturated carbocycles. The first-order valence-electron chi connectivity index (χ1n) is 7.06. The third kappa shape index (κ3) is 5.94. The van der Waals surface area contributed by atoms with Crippen LogP contribution in [0.4, 0.5) is 13.2 Å². The summed E-state index contributed by atoms with van der Waals surface area (Å²) in [5.74, 6) is -0.337. The summed E-state index contributed by atoms with van der Waals surface area (Å²) >= 11 is 0. The number of carbonyl (C=O) groups excluding carboxylic acids is 1. The molecule has 0 saturated heterocycles. The third-order valence-electron chi connectivity index (χ3n) is 3.07. The fraction of sp³-hybridized carbons (Fsp3) is 0.438. The molecule has 7 heteroatoms. The maximum atomic E-state index is 12.5. The lowest BCUT2D eigenvalue weighted by Crippen LogP contribution is -2.38. The van der Waals surface area contributed by atoms with Gasteiger partial charge in [-0.15, -0.1) is 6.58 Å². The molecule has 1 aromatic carbocycles. The van der Waals surface area contributed by atoms with E-state index in [1.807, 2.05) is 0 Å². The minimum Gasteiger partial charge on any atom is -0.486 e. The van der Waals surface area contributed by atoms with Gasteiger partial charge in [-0.2, -0.15) is 13.2 Å². The molecular formula is C16H20F3NO3. The topological polar surface area (TPSA) is 61.5 Å². The van der Waals surface area contributed by atoms with Gasteiger partial charge in [-0.25, -0.2) is 0 Å². The number of ether oxygens (including phenoxy) is 2. The Morgan fingerprint density at radius 2 is 1.87 bits per heavy atom.